The van der Waals surface area contributed by atoms with Crippen molar-refractivity contribution in [2.24, 2.45) is 0 Å². The molecule has 0 spiro atoms. The zero-order chi connectivity index (χ0) is 9.61. The van der Waals surface area contributed by atoms with Crippen LogP contribution < -0.4 is 5.32 Å². The second-order valence-corrected chi connectivity index (χ2v) is 6.02. The van der Waals surface area contributed by atoms with Crippen molar-refractivity contribution >= 4 is 25.8 Å². The molecule has 0 aromatic rings. The van der Waals surface area contributed by atoms with Crippen LogP contribution in [0.3, 0.4) is 0 Å². The highest BCUT2D eigenvalue weighted by atomic mass is 79.9. The predicted octanol–water partition coefficient (Wildman–Crippen LogP) is 0.794. The third kappa shape index (κ3) is 8.49. The number of alkyl halides is 1. The first-order valence-electron chi connectivity index (χ1n) is 3.93. The van der Waals surface area contributed by atoms with Gasteiger partial charge in [0, 0.05) is 24.2 Å². The van der Waals surface area contributed by atoms with E-state index in [2.05, 4.69) is 21.2 Å². The number of halogens is 1. The molecule has 12 heavy (non-hydrogen) atoms. The van der Waals surface area contributed by atoms with Gasteiger partial charge in [0.2, 0.25) is 0 Å². The van der Waals surface area contributed by atoms with Crippen molar-refractivity contribution in [3.05, 3.63) is 0 Å². The number of rotatable bonds is 6. The van der Waals surface area contributed by atoms with Crippen LogP contribution in [0.4, 0.5) is 0 Å². The minimum Gasteiger partial charge on any atom is -0.313 e. The maximum absolute atomic E-state index is 10.7. The summed E-state index contributed by atoms with van der Waals surface area (Å²) in [6.07, 6.45) is 2.27. The maximum Gasteiger partial charge on any atom is 0.148 e. The standard InChI is InChI=1S/C7H16BrNO2S/c1-7(3-4-8)9-5-6-12(2,10)11/h7,9H,3-6H2,1-2H3. The van der Waals surface area contributed by atoms with E-state index in [9.17, 15) is 8.42 Å². The Hall–Kier alpha value is 0.390. The minimum absolute atomic E-state index is 0.222. The zero-order valence-electron chi connectivity index (χ0n) is 7.51. The van der Waals surface area contributed by atoms with Gasteiger partial charge >= 0.3 is 0 Å². The monoisotopic (exact) mass is 257 g/mol. The van der Waals surface area contributed by atoms with Crippen LogP contribution in [-0.4, -0.2) is 38.3 Å². The second-order valence-electron chi connectivity index (χ2n) is 2.96. The Kier molecular flexibility index (Phi) is 6.13. The van der Waals surface area contributed by atoms with Gasteiger partial charge in [-0.3, -0.25) is 0 Å². The summed E-state index contributed by atoms with van der Waals surface area (Å²) in [4.78, 5) is 0. The first-order valence-corrected chi connectivity index (χ1v) is 7.11. The third-order valence-corrected chi connectivity index (χ3v) is 2.91. The summed E-state index contributed by atoms with van der Waals surface area (Å²) in [5, 5.41) is 4.08. The summed E-state index contributed by atoms with van der Waals surface area (Å²) in [6.45, 7) is 2.59. The molecule has 1 N–H and O–H groups in total. The van der Waals surface area contributed by atoms with Gasteiger partial charge in [-0.2, -0.15) is 0 Å². The van der Waals surface area contributed by atoms with Crippen LogP contribution in [0.1, 0.15) is 13.3 Å². The maximum atomic E-state index is 10.7. The van der Waals surface area contributed by atoms with Gasteiger partial charge in [0.25, 0.3) is 0 Å². The van der Waals surface area contributed by atoms with E-state index in [4.69, 9.17) is 0 Å². The Morgan fingerprint density at radius 1 is 1.50 bits per heavy atom. The first kappa shape index (κ1) is 12.4. The molecule has 3 nitrogen and oxygen atoms in total. The van der Waals surface area contributed by atoms with E-state index in [1.54, 1.807) is 0 Å². The molecule has 0 aliphatic carbocycles. The molecule has 0 aromatic carbocycles. The molecule has 0 aliphatic heterocycles. The van der Waals surface area contributed by atoms with Crippen LogP contribution in [-0.2, 0) is 9.84 Å². The fraction of sp³-hybridized carbons (Fsp3) is 1.00. The fourth-order valence-electron chi connectivity index (χ4n) is 0.756. The molecule has 0 rings (SSSR count). The Bertz CT molecular complexity index is 203. The van der Waals surface area contributed by atoms with Crippen molar-refractivity contribution in [1.29, 1.82) is 0 Å². The number of hydrogen-bond acceptors (Lipinski definition) is 3. The molecule has 0 saturated heterocycles. The lowest BCUT2D eigenvalue weighted by Crippen LogP contribution is -2.30. The van der Waals surface area contributed by atoms with Crippen LogP contribution in [0.5, 0.6) is 0 Å². The highest BCUT2D eigenvalue weighted by Gasteiger charge is 2.03. The van der Waals surface area contributed by atoms with Gasteiger partial charge in [0.05, 0.1) is 5.75 Å². The van der Waals surface area contributed by atoms with Gasteiger partial charge < -0.3 is 5.32 Å². The van der Waals surface area contributed by atoms with Crippen LogP contribution >= 0.6 is 15.9 Å². The van der Waals surface area contributed by atoms with Gasteiger partial charge in [0.15, 0.2) is 0 Å². The highest BCUT2D eigenvalue weighted by molar-refractivity contribution is 9.09. The summed E-state index contributed by atoms with van der Waals surface area (Å²) in [7, 11) is -2.81. The van der Waals surface area contributed by atoms with Crippen LogP contribution in [0.25, 0.3) is 0 Å². The molecule has 5 heteroatoms. The summed E-state index contributed by atoms with van der Waals surface area (Å²) >= 11 is 3.32. The zero-order valence-corrected chi connectivity index (χ0v) is 9.91. The largest absolute Gasteiger partial charge is 0.313 e. The van der Waals surface area contributed by atoms with Crippen molar-refractivity contribution in [2.45, 2.75) is 19.4 Å². The molecule has 0 amide bonds. The minimum atomic E-state index is -2.81. The quantitative estimate of drug-likeness (QED) is 0.717. The topological polar surface area (TPSA) is 46.2 Å². The fourth-order valence-corrected chi connectivity index (χ4v) is 1.93. The van der Waals surface area contributed by atoms with Gasteiger partial charge in [-0.05, 0) is 13.3 Å². The average Bonchev–Trinajstić information content (AvgIpc) is 1.84. The van der Waals surface area contributed by atoms with Crippen LogP contribution in [0.2, 0.25) is 0 Å². The molecule has 0 heterocycles. The molecular formula is C7H16BrNO2S. The Morgan fingerprint density at radius 3 is 2.50 bits per heavy atom. The third-order valence-electron chi connectivity index (χ3n) is 1.51. The lowest BCUT2D eigenvalue weighted by atomic mass is 10.3. The first-order chi connectivity index (χ1) is 5.45. The number of sulfone groups is 1. The molecule has 74 valence electrons. The van der Waals surface area contributed by atoms with Gasteiger partial charge in [-0.15, -0.1) is 0 Å². The average molecular weight is 258 g/mol. The van der Waals surface area contributed by atoms with E-state index in [0.29, 0.717) is 12.6 Å². The molecule has 1 atom stereocenters. The summed E-state index contributed by atoms with van der Waals surface area (Å²) in [5.74, 6) is 0.222. The molecule has 0 bridgehead atoms. The van der Waals surface area contributed by atoms with Crippen molar-refractivity contribution in [3.63, 3.8) is 0 Å². The summed E-state index contributed by atoms with van der Waals surface area (Å²) in [5.41, 5.74) is 0. The molecule has 0 fully saturated rings. The van der Waals surface area contributed by atoms with E-state index < -0.39 is 9.84 Å². The second kappa shape index (κ2) is 5.94. The van der Waals surface area contributed by atoms with E-state index in [1.807, 2.05) is 6.92 Å². The molecule has 0 aliphatic rings. The summed E-state index contributed by atoms with van der Waals surface area (Å²) in [6, 6.07) is 0.381. The molecule has 0 saturated carbocycles. The Balaban J connectivity index is 3.44. The van der Waals surface area contributed by atoms with E-state index in [-0.39, 0.29) is 5.75 Å². The number of hydrogen-bond donors (Lipinski definition) is 1. The van der Waals surface area contributed by atoms with E-state index in [0.717, 1.165) is 11.8 Å². The highest BCUT2D eigenvalue weighted by Crippen LogP contribution is 1.94. The molecule has 0 aromatic heterocycles. The smallest absolute Gasteiger partial charge is 0.148 e. The Morgan fingerprint density at radius 2 is 2.08 bits per heavy atom. The molecular weight excluding hydrogens is 242 g/mol. The van der Waals surface area contributed by atoms with Gasteiger partial charge in [0.1, 0.15) is 9.84 Å². The lowest BCUT2D eigenvalue weighted by Gasteiger charge is -2.10. The molecule has 1 unspecified atom stereocenters. The van der Waals surface area contributed by atoms with Crippen molar-refractivity contribution in [1.82, 2.24) is 5.32 Å². The SMILES string of the molecule is CC(CCBr)NCCS(C)(=O)=O. The van der Waals surface area contributed by atoms with Gasteiger partial charge in [-0.25, -0.2) is 8.42 Å². The van der Waals surface area contributed by atoms with Crippen LogP contribution in [0.15, 0.2) is 0 Å². The Labute approximate surface area is 83.0 Å². The lowest BCUT2D eigenvalue weighted by molar-refractivity contribution is 0.550. The van der Waals surface area contributed by atoms with E-state index in [1.165, 1.54) is 6.26 Å². The predicted molar refractivity (Wildman–Crippen MR) is 55.6 cm³/mol. The summed E-state index contributed by atoms with van der Waals surface area (Å²) < 4.78 is 21.4. The van der Waals surface area contributed by atoms with Crippen LogP contribution in [0, 0.1) is 0 Å². The van der Waals surface area contributed by atoms with Gasteiger partial charge in [-0.1, -0.05) is 15.9 Å². The van der Waals surface area contributed by atoms with Crippen molar-refractivity contribution < 1.29 is 8.42 Å². The van der Waals surface area contributed by atoms with Crippen molar-refractivity contribution in [2.75, 3.05) is 23.9 Å². The normalized spacial score (nSPS) is 14.6. The van der Waals surface area contributed by atoms with Crippen molar-refractivity contribution in [3.8, 4) is 0 Å². The van der Waals surface area contributed by atoms with E-state index >= 15 is 0 Å². The molecule has 0 radical (unpaired) electrons. The number of nitrogens with one attached hydrogen (secondary N) is 1.